The van der Waals surface area contributed by atoms with Crippen molar-refractivity contribution >= 4 is 11.8 Å². The number of hydrogen-bond donors (Lipinski definition) is 1. The van der Waals surface area contributed by atoms with E-state index in [1.165, 1.54) is 24.5 Å². The SMILES string of the molecule is CCN(Cc1cccc(F)c1)C(=O)[C@H](C)NC(=O)c1ccco1. The molecule has 23 heavy (non-hydrogen) atoms. The highest BCUT2D eigenvalue weighted by molar-refractivity contribution is 5.95. The first kappa shape index (κ1) is 16.7. The minimum absolute atomic E-state index is 0.151. The average Bonchev–Trinajstić information content (AvgIpc) is 3.06. The molecule has 1 atom stereocenters. The number of likely N-dealkylation sites (N-methyl/N-ethyl adjacent to an activating group) is 1. The first-order valence-corrected chi connectivity index (χ1v) is 7.39. The number of nitrogens with one attached hydrogen (secondary N) is 1. The van der Waals surface area contributed by atoms with Crippen LogP contribution in [0, 0.1) is 5.82 Å². The summed E-state index contributed by atoms with van der Waals surface area (Å²) in [5.41, 5.74) is 0.699. The zero-order chi connectivity index (χ0) is 16.8. The third-order valence-corrected chi connectivity index (χ3v) is 3.42. The molecule has 0 aliphatic rings. The Morgan fingerprint density at radius 3 is 2.70 bits per heavy atom. The van der Waals surface area contributed by atoms with Crippen LogP contribution in [0.4, 0.5) is 4.39 Å². The van der Waals surface area contributed by atoms with Crippen LogP contribution < -0.4 is 5.32 Å². The summed E-state index contributed by atoms with van der Waals surface area (Å²) in [6, 6.07) is 8.52. The number of rotatable bonds is 6. The van der Waals surface area contributed by atoms with E-state index in [9.17, 15) is 14.0 Å². The average molecular weight is 318 g/mol. The van der Waals surface area contributed by atoms with Crippen LogP contribution in [0.25, 0.3) is 0 Å². The van der Waals surface area contributed by atoms with Gasteiger partial charge in [0.05, 0.1) is 6.26 Å². The third-order valence-electron chi connectivity index (χ3n) is 3.42. The molecule has 0 aliphatic carbocycles. The lowest BCUT2D eigenvalue weighted by atomic mass is 10.2. The minimum atomic E-state index is -0.707. The van der Waals surface area contributed by atoms with Crippen molar-refractivity contribution in [2.24, 2.45) is 0 Å². The molecule has 1 aromatic heterocycles. The Morgan fingerprint density at radius 2 is 2.09 bits per heavy atom. The number of furan rings is 1. The minimum Gasteiger partial charge on any atom is -0.459 e. The Labute approximate surface area is 134 Å². The lowest BCUT2D eigenvalue weighted by Crippen LogP contribution is -2.46. The molecule has 0 saturated carbocycles. The maximum Gasteiger partial charge on any atom is 0.287 e. The zero-order valence-electron chi connectivity index (χ0n) is 13.1. The Kier molecular flexibility index (Phi) is 5.51. The molecule has 6 heteroatoms. The van der Waals surface area contributed by atoms with Gasteiger partial charge in [-0.3, -0.25) is 9.59 Å². The van der Waals surface area contributed by atoms with E-state index in [2.05, 4.69) is 5.32 Å². The molecule has 0 bridgehead atoms. The third kappa shape index (κ3) is 4.42. The summed E-state index contributed by atoms with van der Waals surface area (Å²) in [6.45, 7) is 4.18. The topological polar surface area (TPSA) is 62.6 Å². The molecule has 2 amide bonds. The molecular weight excluding hydrogens is 299 g/mol. The summed E-state index contributed by atoms with van der Waals surface area (Å²) in [4.78, 5) is 25.9. The van der Waals surface area contributed by atoms with Crippen LogP contribution in [0.3, 0.4) is 0 Å². The van der Waals surface area contributed by atoms with Gasteiger partial charge in [-0.2, -0.15) is 0 Å². The molecule has 1 aromatic carbocycles. The van der Waals surface area contributed by atoms with Crippen LogP contribution in [0.15, 0.2) is 47.1 Å². The summed E-state index contributed by atoms with van der Waals surface area (Å²) in [5, 5.41) is 2.60. The molecule has 0 fully saturated rings. The Balaban J connectivity index is 1.99. The van der Waals surface area contributed by atoms with Crippen LogP contribution in [0.2, 0.25) is 0 Å². The zero-order valence-corrected chi connectivity index (χ0v) is 13.1. The molecule has 0 saturated heterocycles. The molecule has 2 rings (SSSR count). The second-order valence-corrected chi connectivity index (χ2v) is 5.15. The smallest absolute Gasteiger partial charge is 0.287 e. The highest BCUT2D eigenvalue weighted by atomic mass is 19.1. The van der Waals surface area contributed by atoms with Crippen molar-refractivity contribution in [2.45, 2.75) is 26.4 Å². The van der Waals surface area contributed by atoms with Crippen molar-refractivity contribution in [3.63, 3.8) is 0 Å². The number of carbonyl (C=O) groups excluding carboxylic acids is 2. The first-order valence-electron chi connectivity index (χ1n) is 7.39. The van der Waals surface area contributed by atoms with E-state index in [1.807, 2.05) is 6.92 Å². The fourth-order valence-corrected chi connectivity index (χ4v) is 2.21. The van der Waals surface area contributed by atoms with Gasteiger partial charge in [-0.1, -0.05) is 12.1 Å². The van der Waals surface area contributed by atoms with E-state index >= 15 is 0 Å². The second kappa shape index (κ2) is 7.58. The van der Waals surface area contributed by atoms with E-state index < -0.39 is 11.9 Å². The molecule has 0 radical (unpaired) electrons. The molecular formula is C17H19FN2O3. The van der Waals surface area contributed by atoms with Crippen LogP contribution >= 0.6 is 0 Å². The Hall–Kier alpha value is -2.63. The lowest BCUT2D eigenvalue weighted by molar-refractivity contribution is -0.133. The normalized spacial score (nSPS) is 11.8. The molecule has 2 aromatic rings. The number of carbonyl (C=O) groups is 2. The summed E-state index contributed by atoms with van der Waals surface area (Å²) in [5.74, 6) is -0.877. The number of hydrogen-bond acceptors (Lipinski definition) is 3. The molecule has 122 valence electrons. The summed E-state index contributed by atoms with van der Waals surface area (Å²) in [7, 11) is 0. The van der Waals surface area contributed by atoms with Crippen molar-refractivity contribution in [3.8, 4) is 0 Å². The van der Waals surface area contributed by atoms with E-state index in [4.69, 9.17) is 4.42 Å². The maximum atomic E-state index is 13.2. The standard InChI is InChI=1S/C17H19FN2O3/c1-3-20(11-13-6-4-7-14(18)10-13)17(22)12(2)19-16(21)15-8-5-9-23-15/h4-10,12H,3,11H2,1-2H3,(H,19,21)/t12-/m0/s1. The predicted octanol–water partition coefficient (Wildman–Crippen LogP) is 2.59. The van der Waals surface area contributed by atoms with Crippen LogP contribution in [-0.2, 0) is 11.3 Å². The van der Waals surface area contributed by atoms with Gasteiger partial charge in [-0.15, -0.1) is 0 Å². The summed E-state index contributed by atoms with van der Waals surface area (Å²) < 4.78 is 18.2. The molecule has 0 unspecified atom stereocenters. The van der Waals surface area contributed by atoms with Gasteiger partial charge in [0.25, 0.3) is 5.91 Å². The van der Waals surface area contributed by atoms with Gasteiger partial charge in [0.15, 0.2) is 5.76 Å². The van der Waals surface area contributed by atoms with Crippen LogP contribution in [0.1, 0.15) is 30.0 Å². The van der Waals surface area contributed by atoms with Crippen LogP contribution in [-0.4, -0.2) is 29.3 Å². The molecule has 1 N–H and O–H groups in total. The maximum absolute atomic E-state index is 13.2. The van der Waals surface area contributed by atoms with Crippen molar-refractivity contribution in [3.05, 3.63) is 59.8 Å². The van der Waals surface area contributed by atoms with Crippen molar-refractivity contribution < 1.29 is 18.4 Å². The summed E-state index contributed by atoms with van der Waals surface area (Å²) in [6.07, 6.45) is 1.39. The van der Waals surface area contributed by atoms with Gasteiger partial charge in [0.2, 0.25) is 5.91 Å². The Bertz CT molecular complexity index is 670. The molecule has 1 heterocycles. The largest absolute Gasteiger partial charge is 0.459 e. The fourth-order valence-electron chi connectivity index (χ4n) is 2.21. The van der Waals surface area contributed by atoms with Gasteiger partial charge in [0, 0.05) is 13.1 Å². The van der Waals surface area contributed by atoms with Crippen molar-refractivity contribution in [1.29, 1.82) is 0 Å². The monoisotopic (exact) mass is 318 g/mol. The highest BCUT2D eigenvalue weighted by Crippen LogP contribution is 2.09. The van der Waals surface area contributed by atoms with Crippen molar-refractivity contribution in [1.82, 2.24) is 10.2 Å². The number of benzene rings is 1. The van der Waals surface area contributed by atoms with Gasteiger partial charge in [-0.25, -0.2) is 4.39 Å². The number of amides is 2. The van der Waals surface area contributed by atoms with Gasteiger partial charge in [-0.05, 0) is 43.7 Å². The van der Waals surface area contributed by atoms with Crippen LogP contribution in [0.5, 0.6) is 0 Å². The predicted molar refractivity (Wildman–Crippen MR) is 83.1 cm³/mol. The van der Waals surface area contributed by atoms with Crippen molar-refractivity contribution in [2.75, 3.05) is 6.54 Å². The van der Waals surface area contributed by atoms with Gasteiger partial charge >= 0.3 is 0 Å². The number of halogens is 1. The van der Waals surface area contributed by atoms with Gasteiger partial charge < -0.3 is 14.6 Å². The molecule has 0 aliphatic heterocycles. The first-order chi connectivity index (χ1) is 11.0. The second-order valence-electron chi connectivity index (χ2n) is 5.15. The summed E-state index contributed by atoms with van der Waals surface area (Å²) >= 11 is 0. The number of nitrogens with zero attached hydrogens (tertiary/aromatic N) is 1. The highest BCUT2D eigenvalue weighted by Gasteiger charge is 2.22. The quantitative estimate of drug-likeness (QED) is 0.890. The Morgan fingerprint density at radius 1 is 1.30 bits per heavy atom. The van der Waals surface area contributed by atoms with E-state index in [0.717, 1.165) is 0 Å². The van der Waals surface area contributed by atoms with E-state index in [-0.39, 0.29) is 24.0 Å². The molecule has 5 nitrogen and oxygen atoms in total. The van der Waals surface area contributed by atoms with E-state index in [0.29, 0.717) is 12.1 Å². The lowest BCUT2D eigenvalue weighted by Gasteiger charge is -2.25. The van der Waals surface area contributed by atoms with E-state index in [1.54, 1.807) is 30.0 Å². The van der Waals surface area contributed by atoms with Gasteiger partial charge in [0.1, 0.15) is 11.9 Å². The fraction of sp³-hybridized carbons (Fsp3) is 0.294. The molecule has 0 spiro atoms.